The highest BCUT2D eigenvalue weighted by molar-refractivity contribution is 6.39. The van der Waals surface area contributed by atoms with Crippen LogP contribution in [0.25, 0.3) is 0 Å². The van der Waals surface area contributed by atoms with Gasteiger partial charge in [0.1, 0.15) is 6.04 Å². The number of hydrogen-bond acceptors (Lipinski definition) is 5. The van der Waals surface area contributed by atoms with E-state index in [-0.39, 0.29) is 11.9 Å². The zero-order valence-corrected chi connectivity index (χ0v) is 19.2. The van der Waals surface area contributed by atoms with Crippen LogP contribution in [0.1, 0.15) is 5.56 Å². The molecule has 0 aliphatic carbocycles. The van der Waals surface area contributed by atoms with E-state index in [2.05, 4.69) is 21.7 Å². The van der Waals surface area contributed by atoms with Crippen LogP contribution in [0.5, 0.6) is 11.5 Å². The standard InChI is InChI=1S/C23H27Cl2N3O3/c1-4-10-26-23(29)19-15-28(22-17(24)6-5-7-18(22)25)12-11-27(19)14-16-8-9-20(30-2)21(13-16)31-3/h4-9,13,19H,1,10-12,14-15H2,2-3H3,(H,26,29). The molecule has 8 heteroatoms. The molecule has 31 heavy (non-hydrogen) atoms. The third-order valence-electron chi connectivity index (χ3n) is 5.30. The lowest BCUT2D eigenvalue weighted by molar-refractivity contribution is -0.126. The van der Waals surface area contributed by atoms with Crippen molar-refractivity contribution in [1.29, 1.82) is 0 Å². The zero-order valence-electron chi connectivity index (χ0n) is 17.7. The van der Waals surface area contributed by atoms with Crippen molar-refractivity contribution < 1.29 is 14.3 Å². The molecule has 2 aromatic carbocycles. The first-order chi connectivity index (χ1) is 15.0. The van der Waals surface area contributed by atoms with Gasteiger partial charge in [0.05, 0.1) is 30.0 Å². The predicted octanol–water partition coefficient (Wildman–Crippen LogP) is 4.00. The maximum absolute atomic E-state index is 13.0. The second-order valence-corrected chi connectivity index (χ2v) is 8.04. The number of piperazine rings is 1. The van der Waals surface area contributed by atoms with E-state index < -0.39 is 0 Å². The number of nitrogens with one attached hydrogen (secondary N) is 1. The molecule has 6 nitrogen and oxygen atoms in total. The number of carbonyl (C=O) groups is 1. The highest BCUT2D eigenvalue weighted by atomic mass is 35.5. The number of benzene rings is 2. The second-order valence-electron chi connectivity index (χ2n) is 7.23. The molecular formula is C23H27Cl2N3O3. The summed E-state index contributed by atoms with van der Waals surface area (Å²) in [5, 5.41) is 4.07. The van der Waals surface area contributed by atoms with Crippen LogP contribution in [0, 0.1) is 0 Å². The average Bonchev–Trinajstić information content (AvgIpc) is 2.78. The van der Waals surface area contributed by atoms with Crippen molar-refractivity contribution >= 4 is 34.8 Å². The van der Waals surface area contributed by atoms with Crippen LogP contribution in [0.3, 0.4) is 0 Å². The molecule has 1 heterocycles. The Labute approximate surface area is 193 Å². The van der Waals surface area contributed by atoms with Gasteiger partial charge in [-0.1, -0.05) is 41.4 Å². The minimum Gasteiger partial charge on any atom is -0.493 e. The lowest BCUT2D eigenvalue weighted by atomic mass is 10.1. The number of hydrogen-bond donors (Lipinski definition) is 1. The fourth-order valence-electron chi connectivity index (χ4n) is 3.76. The summed E-state index contributed by atoms with van der Waals surface area (Å²) >= 11 is 12.8. The number of nitrogens with zero attached hydrogens (tertiary/aromatic N) is 2. The van der Waals surface area contributed by atoms with Gasteiger partial charge in [0.25, 0.3) is 0 Å². The first-order valence-electron chi connectivity index (χ1n) is 10.0. The topological polar surface area (TPSA) is 54.0 Å². The van der Waals surface area contributed by atoms with Crippen LogP contribution in [0.15, 0.2) is 49.1 Å². The monoisotopic (exact) mass is 463 g/mol. The van der Waals surface area contributed by atoms with Gasteiger partial charge in [-0.3, -0.25) is 9.69 Å². The van der Waals surface area contributed by atoms with E-state index in [1.54, 1.807) is 20.3 Å². The van der Waals surface area contributed by atoms with Crippen molar-refractivity contribution in [3.63, 3.8) is 0 Å². The van der Waals surface area contributed by atoms with Crippen LogP contribution in [-0.4, -0.2) is 57.2 Å². The summed E-state index contributed by atoms with van der Waals surface area (Å²) in [5.41, 5.74) is 1.79. The van der Waals surface area contributed by atoms with Crippen molar-refractivity contribution in [3.05, 3.63) is 64.7 Å². The minimum absolute atomic E-state index is 0.0618. The summed E-state index contributed by atoms with van der Waals surface area (Å²) in [6.07, 6.45) is 1.67. The normalized spacial score (nSPS) is 16.6. The molecule has 0 saturated carbocycles. The molecule has 0 bridgehead atoms. The molecule has 1 aliphatic heterocycles. The summed E-state index contributed by atoms with van der Waals surface area (Å²) in [5.74, 6) is 1.27. The van der Waals surface area contributed by atoms with Gasteiger partial charge >= 0.3 is 0 Å². The maximum Gasteiger partial charge on any atom is 0.239 e. The number of para-hydroxylation sites is 1. The Hall–Kier alpha value is -2.41. The van der Waals surface area contributed by atoms with Crippen molar-refractivity contribution in [2.45, 2.75) is 12.6 Å². The number of anilines is 1. The summed E-state index contributed by atoms with van der Waals surface area (Å²) < 4.78 is 10.7. The quantitative estimate of drug-likeness (QED) is 0.599. The Morgan fingerprint density at radius 3 is 2.52 bits per heavy atom. The Morgan fingerprint density at radius 2 is 1.87 bits per heavy atom. The number of carbonyl (C=O) groups excluding carboxylic acids is 1. The zero-order chi connectivity index (χ0) is 22.4. The molecule has 1 fully saturated rings. The Bertz CT molecular complexity index is 918. The molecule has 0 spiro atoms. The maximum atomic E-state index is 13.0. The summed E-state index contributed by atoms with van der Waals surface area (Å²) in [7, 11) is 3.22. The van der Waals surface area contributed by atoms with Gasteiger partial charge < -0.3 is 19.7 Å². The molecule has 1 unspecified atom stereocenters. The lowest BCUT2D eigenvalue weighted by Crippen LogP contribution is -2.58. The Kier molecular flexibility index (Phi) is 8.07. The molecule has 166 valence electrons. The molecule has 0 radical (unpaired) electrons. The van der Waals surface area contributed by atoms with Crippen molar-refractivity contribution in [2.75, 3.05) is 45.3 Å². The van der Waals surface area contributed by atoms with Gasteiger partial charge in [0, 0.05) is 32.7 Å². The summed E-state index contributed by atoms with van der Waals surface area (Å²) in [6.45, 7) is 6.53. The van der Waals surface area contributed by atoms with Crippen LogP contribution in [0.4, 0.5) is 5.69 Å². The van der Waals surface area contributed by atoms with Crippen LogP contribution in [-0.2, 0) is 11.3 Å². The highest BCUT2D eigenvalue weighted by Gasteiger charge is 2.33. The molecule has 3 rings (SSSR count). The van der Waals surface area contributed by atoms with E-state index in [1.807, 2.05) is 36.4 Å². The van der Waals surface area contributed by atoms with Crippen LogP contribution >= 0.6 is 23.2 Å². The predicted molar refractivity (Wildman–Crippen MR) is 126 cm³/mol. The molecule has 1 saturated heterocycles. The minimum atomic E-state index is -0.380. The summed E-state index contributed by atoms with van der Waals surface area (Å²) in [6, 6.07) is 10.9. The van der Waals surface area contributed by atoms with Crippen LogP contribution in [0.2, 0.25) is 10.0 Å². The number of rotatable bonds is 8. The van der Waals surface area contributed by atoms with Crippen molar-refractivity contribution in [1.82, 2.24) is 10.2 Å². The number of ether oxygens (including phenoxy) is 2. The van der Waals surface area contributed by atoms with Gasteiger partial charge in [0.15, 0.2) is 11.5 Å². The largest absolute Gasteiger partial charge is 0.493 e. The van der Waals surface area contributed by atoms with Gasteiger partial charge in [-0.2, -0.15) is 0 Å². The second kappa shape index (κ2) is 10.8. The first-order valence-corrected chi connectivity index (χ1v) is 10.8. The molecule has 1 aliphatic rings. The Balaban J connectivity index is 1.84. The lowest BCUT2D eigenvalue weighted by Gasteiger charge is -2.42. The smallest absolute Gasteiger partial charge is 0.239 e. The van der Waals surface area contributed by atoms with E-state index in [4.69, 9.17) is 32.7 Å². The molecular weight excluding hydrogens is 437 g/mol. The molecule has 2 aromatic rings. The van der Waals surface area contributed by atoms with Crippen molar-refractivity contribution in [2.24, 2.45) is 0 Å². The first kappa shape index (κ1) is 23.3. The third kappa shape index (κ3) is 5.45. The van der Waals surface area contributed by atoms with E-state index in [0.29, 0.717) is 54.3 Å². The fraction of sp³-hybridized carbons (Fsp3) is 0.348. The Morgan fingerprint density at radius 1 is 1.16 bits per heavy atom. The van der Waals surface area contributed by atoms with E-state index in [1.165, 1.54) is 0 Å². The van der Waals surface area contributed by atoms with Gasteiger partial charge in [-0.15, -0.1) is 6.58 Å². The summed E-state index contributed by atoms with van der Waals surface area (Å²) in [4.78, 5) is 17.2. The number of halogens is 2. The average molecular weight is 464 g/mol. The van der Waals surface area contributed by atoms with Gasteiger partial charge in [-0.25, -0.2) is 0 Å². The van der Waals surface area contributed by atoms with Crippen molar-refractivity contribution in [3.8, 4) is 11.5 Å². The van der Waals surface area contributed by atoms with Crippen LogP contribution < -0.4 is 19.7 Å². The molecule has 1 N–H and O–H groups in total. The number of amides is 1. The van der Waals surface area contributed by atoms with Gasteiger partial charge in [0.2, 0.25) is 5.91 Å². The SMILES string of the molecule is C=CCNC(=O)C1CN(c2c(Cl)cccc2Cl)CCN1Cc1ccc(OC)c(OC)c1. The third-order valence-corrected chi connectivity index (χ3v) is 5.91. The fourth-order valence-corrected chi connectivity index (χ4v) is 4.39. The molecule has 1 atom stereocenters. The van der Waals surface area contributed by atoms with E-state index in [9.17, 15) is 4.79 Å². The highest BCUT2D eigenvalue weighted by Crippen LogP contribution is 2.35. The van der Waals surface area contributed by atoms with E-state index in [0.717, 1.165) is 11.3 Å². The van der Waals surface area contributed by atoms with Gasteiger partial charge in [-0.05, 0) is 29.8 Å². The number of methoxy groups -OCH3 is 2. The molecule has 0 aromatic heterocycles. The molecule has 1 amide bonds. The van der Waals surface area contributed by atoms with E-state index >= 15 is 0 Å².